The molecule has 0 radical (unpaired) electrons. The lowest BCUT2D eigenvalue weighted by molar-refractivity contribution is -0.385. The predicted octanol–water partition coefficient (Wildman–Crippen LogP) is 2.88. The number of rotatable bonds is 9. The number of carboxylic acid groups (broad SMARTS) is 3. The number of para-hydroxylation sites is 1. The summed E-state index contributed by atoms with van der Waals surface area (Å²) in [5.74, 6) is -2.40. The third-order valence-corrected chi connectivity index (χ3v) is 10.3. The highest BCUT2D eigenvalue weighted by atomic mass is 16.6. The van der Waals surface area contributed by atoms with E-state index in [1.165, 1.54) is 6.07 Å². The summed E-state index contributed by atoms with van der Waals surface area (Å²) in [5.41, 5.74) is 1.92. The second kappa shape index (κ2) is 15.8. The van der Waals surface area contributed by atoms with Crippen LogP contribution in [0.1, 0.15) is 43.4 Å². The summed E-state index contributed by atoms with van der Waals surface area (Å²) in [6, 6.07) is 11.2. The molecule has 1 unspecified atom stereocenters. The third-order valence-electron chi connectivity index (χ3n) is 10.3. The van der Waals surface area contributed by atoms with Crippen LogP contribution in [-0.2, 0) is 26.3 Å². The lowest BCUT2D eigenvalue weighted by atomic mass is 9.76. The van der Waals surface area contributed by atoms with Gasteiger partial charge in [0.05, 0.1) is 30.0 Å². The van der Waals surface area contributed by atoms with Gasteiger partial charge in [0.25, 0.3) is 5.69 Å². The number of carboxylic acids is 3. The SMILES string of the molecule is CN1c2ccccc2C(C)(C)C12C=Cc1cc([N+](=O)[O-])cc(CN3CCCN(CC(=O)O)CCN(CC(=O)O)CCCN(CC(=O)O)CC3)c1O2. The van der Waals surface area contributed by atoms with Crippen molar-refractivity contribution in [2.75, 3.05) is 83.9 Å². The first-order valence-electron chi connectivity index (χ1n) is 17.3. The second-order valence-corrected chi connectivity index (χ2v) is 14.1. The zero-order valence-electron chi connectivity index (χ0n) is 29.5. The fourth-order valence-electron chi connectivity index (χ4n) is 7.66. The topological polar surface area (TPSA) is 180 Å². The Kier molecular flexibility index (Phi) is 11.6. The fourth-order valence-corrected chi connectivity index (χ4v) is 7.66. The number of ether oxygens (including phenoxy) is 1. The molecule has 15 heteroatoms. The number of carbonyl (C=O) groups is 3. The maximum atomic E-state index is 12.1. The van der Waals surface area contributed by atoms with Crippen molar-refractivity contribution in [3.8, 4) is 5.75 Å². The van der Waals surface area contributed by atoms with Gasteiger partial charge in [-0.2, -0.15) is 0 Å². The number of aliphatic carboxylic acids is 3. The van der Waals surface area contributed by atoms with E-state index in [4.69, 9.17) is 4.74 Å². The molecule has 2 aromatic carbocycles. The molecule has 1 saturated heterocycles. The van der Waals surface area contributed by atoms with Gasteiger partial charge in [-0.15, -0.1) is 0 Å². The number of hydrogen-bond donors (Lipinski definition) is 3. The molecule has 15 nitrogen and oxygen atoms in total. The van der Waals surface area contributed by atoms with Crippen LogP contribution in [-0.4, -0.2) is 143 Å². The first kappa shape index (κ1) is 37.7. The van der Waals surface area contributed by atoms with Gasteiger partial charge in [0.2, 0.25) is 5.72 Å². The molecule has 276 valence electrons. The quantitative estimate of drug-likeness (QED) is 0.256. The van der Waals surface area contributed by atoms with Gasteiger partial charge in [-0.25, -0.2) is 0 Å². The molecule has 0 saturated carbocycles. The monoisotopic (exact) mass is 708 g/mol. The van der Waals surface area contributed by atoms with Crippen LogP contribution in [0.15, 0.2) is 42.5 Å². The van der Waals surface area contributed by atoms with Crippen LogP contribution in [0.2, 0.25) is 0 Å². The summed E-state index contributed by atoms with van der Waals surface area (Å²) in [4.78, 5) is 56.3. The van der Waals surface area contributed by atoms with Crippen molar-refractivity contribution in [2.24, 2.45) is 0 Å². The summed E-state index contributed by atoms with van der Waals surface area (Å²) < 4.78 is 7.02. The number of fused-ring (bicyclic) bond motifs is 2. The molecule has 2 aromatic rings. The van der Waals surface area contributed by atoms with Crippen LogP contribution in [0.5, 0.6) is 5.75 Å². The molecule has 1 spiro atoms. The first-order chi connectivity index (χ1) is 24.2. The average Bonchev–Trinajstić information content (AvgIpc) is 3.22. The summed E-state index contributed by atoms with van der Waals surface area (Å²) in [6.45, 7) is 7.20. The van der Waals surface area contributed by atoms with Crippen molar-refractivity contribution in [2.45, 2.75) is 44.4 Å². The van der Waals surface area contributed by atoms with Crippen LogP contribution in [0.3, 0.4) is 0 Å². The molecule has 3 N–H and O–H groups in total. The number of nitrogens with zero attached hydrogens (tertiary/aromatic N) is 6. The molecular weight excluding hydrogens is 660 g/mol. The number of benzene rings is 2. The van der Waals surface area contributed by atoms with Gasteiger partial charge in [0.15, 0.2) is 0 Å². The van der Waals surface area contributed by atoms with Crippen LogP contribution in [0, 0.1) is 10.1 Å². The molecular formula is C36H48N6O9. The Labute approximate surface area is 297 Å². The molecule has 5 rings (SSSR count). The molecule has 3 heterocycles. The van der Waals surface area contributed by atoms with Gasteiger partial charge < -0.3 is 25.0 Å². The van der Waals surface area contributed by atoms with E-state index < -0.39 is 34.0 Å². The minimum atomic E-state index is -0.986. The highest BCUT2D eigenvalue weighted by molar-refractivity contribution is 5.74. The zero-order valence-corrected chi connectivity index (χ0v) is 29.5. The number of anilines is 1. The Balaban J connectivity index is 1.45. The summed E-state index contributed by atoms with van der Waals surface area (Å²) in [6.07, 6.45) is 4.95. The lowest BCUT2D eigenvalue weighted by Crippen LogP contribution is -2.58. The van der Waals surface area contributed by atoms with E-state index in [0.717, 1.165) is 11.3 Å². The molecule has 0 amide bonds. The van der Waals surface area contributed by atoms with Crippen molar-refractivity contribution in [1.29, 1.82) is 0 Å². The summed E-state index contributed by atoms with van der Waals surface area (Å²) in [5, 5.41) is 40.8. The lowest BCUT2D eigenvalue weighted by Gasteiger charge is -2.46. The average molecular weight is 709 g/mol. The van der Waals surface area contributed by atoms with Crippen LogP contribution in [0.25, 0.3) is 6.08 Å². The van der Waals surface area contributed by atoms with E-state index in [1.54, 1.807) is 15.9 Å². The molecule has 1 atom stereocenters. The van der Waals surface area contributed by atoms with Gasteiger partial charge in [-0.05, 0) is 57.0 Å². The van der Waals surface area contributed by atoms with Gasteiger partial charge >= 0.3 is 17.9 Å². The van der Waals surface area contributed by atoms with Crippen molar-refractivity contribution < 1.29 is 39.4 Å². The number of nitro groups is 1. The third kappa shape index (κ3) is 8.50. The second-order valence-electron chi connectivity index (χ2n) is 14.1. The number of hydrogen-bond acceptors (Lipinski definition) is 11. The van der Waals surface area contributed by atoms with Crippen molar-refractivity contribution in [1.82, 2.24) is 19.6 Å². The standard InChI is InChI=1S/C36H48N6O9/c1-35(2)29-8-4-5-9-30(29)37(3)36(35)11-10-26-20-28(42(49)50)21-27(34(26)51-36)22-38-12-6-13-40(24-32(45)46)18-19-41(25-33(47)48)15-7-14-39(17-16-38)23-31(43)44/h4-5,8-11,20-21H,6-7,12-19,22-25H2,1-3H3,(H,43,44)(H,45,46)(H,47,48). The van der Waals surface area contributed by atoms with E-state index in [9.17, 15) is 39.8 Å². The Morgan fingerprint density at radius 1 is 0.804 bits per heavy atom. The largest absolute Gasteiger partial charge is 0.480 e. The molecule has 3 aliphatic heterocycles. The van der Waals surface area contributed by atoms with Gasteiger partial charge in [-0.1, -0.05) is 18.2 Å². The van der Waals surface area contributed by atoms with Gasteiger partial charge in [0, 0.05) is 88.4 Å². The Morgan fingerprint density at radius 2 is 1.31 bits per heavy atom. The number of non-ortho nitro benzene ring substituents is 1. The molecule has 51 heavy (non-hydrogen) atoms. The highest BCUT2D eigenvalue weighted by Gasteiger charge is 2.57. The molecule has 1 fully saturated rings. The van der Waals surface area contributed by atoms with E-state index in [1.807, 2.05) is 36.2 Å². The van der Waals surface area contributed by atoms with Crippen LogP contribution in [0.4, 0.5) is 11.4 Å². The number of nitro benzene ring substituents is 1. The van der Waals surface area contributed by atoms with E-state index in [-0.39, 0.29) is 31.9 Å². The van der Waals surface area contributed by atoms with Crippen molar-refractivity contribution in [3.05, 3.63) is 69.3 Å². The molecule has 3 aliphatic rings. The predicted molar refractivity (Wildman–Crippen MR) is 190 cm³/mol. The molecule has 0 bridgehead atoms. The van der Waals surface area contributed by atoms with Gasteiger partial charge in [0.1, 0.15) is 5.75 Å². The maximum Gasteiger partial charge on any atom is 0.317 e. The van der Waals surface area contributed by atoms with E-state index >= 15 is 0 Å². The molecule has 0 aromatic heterocycles. The number of likely N-dealkylation sites (N-methyl/N-ethyl adjacent to an activating group) is 1. The van der Waals surface area contributed by atoms with Gasteiger partial charge in [-0.3, -0.25) is 44.1 Å². The fraction of sp³-hybridized carbons (Fsp3) is 0.528. The maximum absolute atomic E-state index is 12.1. The van der Waals surface area contributed by atoms with Crippen LogP contribution < -0.4 is 9.64 Å². The Hall–Kier alpha value is -4.57. The zero-order chi connectivity index (χ0) is 36.9. The minimum Gasteiger partial charge on any atom is -0.480 e. The summed E-state index contributed by atoms with van der Waals surface area (Å²) >= 11 is 0. The van der Waals surface area contributed by atoms with Crippen molar-refractivity contribution >= 4 is 35.4 Å². The first-order valence-corrected chi connectivity index (χ1v) is 17.3. The van der Waals surface area contributed by atoms with Crippen molar-refractivity contribution in [3.63, 3.8) is 0 Å². The van der Waals surface area contributed by atoms with E-state index in [2.05, 4.69) is 35.8 Å². The highest BCUT2D eigenvalue weighted by Crippen LogP contribution is 2.54. The minimum absolute atomic E-state index is 0.0663. The Morgan fingerprint density at radius 3 is 1.82 bits per heavy atom. The summed E-state index contributed by atoms with van der Waals surface area (Å²) in [7, 11) is 1.98. The smallest absolute Gasteiger partial charge is 0.317 e. The van der Waals surface area contributed by atoms with Crippen LogP contribution >= 0.6 is 0 Å². The normalized spacial score (nSPS) is 22.1. The molecule has 0 aliphatic carbocycles. The Bertz CT molecular complexity index is 1670. The van der Waals surface area contributed by atoms with E-state index in [0.29, 0.717) is 82.1 Å².